The molecule has 1 aromatic heterocycles. The van der Waals surface area contributed by atoms with Crippen molar-refractivity contribution in [2.75, 3.05) is 11.1 Å². The van der Waals surface area contributed by atoms with Crippen molar-refractivity contribution in [3.05, 3.63) is 167 Å². The lowest BCUT2D eigenvalue weighted by Gasteiger charge is -2.16. The lowest BCUT2D eigenvalue weighted by molar-refractivity contribution is 0.0696. The van der Waals surface area contributed by atoms with E-state index in [1.807, 2.05) is 78.9 Å². The van der Waals surface area contributed by atoms with Gasteiger partial charge in [-0.25, -0.2) is 4.79 Å². The first-order valence-electron chi connectivity index (χ1n) is 15.3. The molecule has 0 atom stereocenters. The average molecular weight is 645 g/mol. The number of aromatic carboxylic acids is 1. The van der Waals surface area contributed by atoms with Gasteiger partial charge in [0, 0.05) is 33.5 Å². The number of amides is 1. The molecular weight excluding hydrogens is 616 g/mol. The van der Waals surface area contributed by atoms with Crippen molar-refractivity contribution < 1.29 is 19.4 Å². The standard InChI is InChI=1S/C40H28N4O5/c41-29-15-21-32(22-16-29)49-36-23-14-28(24-35(36)25-6-2-1-3-7-25)37-33-8-4-5-9-34(33)39(46)44(43-37)31-19-17-30(18-20-31)42-38(45)26-10-12-27(13-11-26)40(47)48/h1-24H,41H2,(H,42,45)(H,47,48). The second kappa shape index (κ2) is 13.0. The smallest absolute Gasteiger partial charge is 0.335 e. The Bertz CT molecular complexity index is 2390. The van der Waals surface area contributed by atoms with E-state index in [0.29, 0.717) is 50.6 Å². The third-order valence-electron chi connectivity index (χ3n) is 8.01. The third kappa shape index (κ3) is 6.36. The van der Waals surface area contributed by atoms with Crippen LogP contribution in [0.2, 0.25) is 0 Å². The van der Waals surface area contributed by atoms with Gasteiger partial charge in [0.05, 0.1) is 22.3 Å². The molecule has 49 heavy (non-hydrogen) atoms. The first-order valence-corrected chi connectivity index (χ1v) is 15.3. The topological polar surface area (TPSA) is 137 Å². The Morgan fingerprint density at radius 2 is 1.35 bits per heavy atom. The Morgan fingerprint density at radius 3 is 2.04 bits per heavy atom. The summed E-state index contributed by atoms with van der Waals surface area (Å²) >= 11 is 0. The van der Waals surface area contributed by atoms with Crippen molar-refractivity contribution in [3.8, 4) is 39.6 Å². The highest BCUT2D eigenvalue weighted by atomic mass is 16.5. The van der Waals surface area contributed by atoms with Crippen LogP contribution in [0.5, 0.6) is 11.5 Å². The highest BCUT2D eigenvalue weighted by Crippen LogP contribution is 2.38. The van der Waals surface area contributed by atoms with Crippen LogP contribution < -0.4 is 21.3 Å². The molecule has 4 N–H and O–H groups in total. The fraction of sp³-hybridized carbons (Fsp3) is 0. The van der Waals surface area contributed by atoms with Crippen molar-refractivity contribution in [2.24, 2.45) is 0 Å². The van der Waals surface area contributed by atoms with E-state index in [2.05, 4.69) is 5.32 Å². The summed E-state index contributed by atoms with van der Waals surface area (Å²) in [5.74, 6) is -0.175. The van der Waals surface area contributed by atoms with Crippen molar-refractivity contribution in [2.45, 2.75) is 0 Å². The maximum absolute atomic E-state index is 13.8. The zero-order chi connectivity index (χ0) is 33.9. The summed E-state index contributed by atoms with van der Waals surface area (Å²) in [5.41, 5.74) is 10.8. The molecule has 238 valence electrons. The highest BCUT2D eigenvalue weighted by molar-refractivity contribution is 6.04. The summed E-state index contributed by atoms with van der Waals surface area (Å²) in [4.78, 5) is 37.7. The summed E-state index contributed by atoms with van der Waals surface area (Å²) in [6.07, 6.45) is 0. The molecule has 6 aromatic carbocycles. The molecule has 9 nitrogen and oxygen atoms in total. The van der Waals surface area contributed by atoms with E-state index in [1.54, 1.807) is 42.5 Å². The quantitative estimate of drug-likeness (QED) is 0.142. The highest BCUT2D eigenvalue weighted by Gasteiger charge is 2.17. The molecule has 0 aliphatic carbocycles. The van der Waals surface area contributed by atoms with Gasteiger partial charge in [-0.3, -0.25) is 9.59 Å². The van der Waals surface area contributed by atoms with Gasteiger partial charge in [0.15, 0.2) is 0 Å². The molecule has 0 fully saturated rings. The number of aromatic nitrogens is 2. The van der Waals surface area contributed by atoms with Gasteiger partial charge in [-0.2, -0.15) is 9.78 Å². The SMILES string of the molecule is Nc1ccc(Oc2ccc(-c3nn(-c4ccc(NC(=O)c5ccc(C(=O)O)cc5)cc4)c(=O)c4ccccc34)cc2-c2ccccc2)cc1. The minimum atomic E-state index is -1.07. The summed E-state index contributed by atoms with van der Waals surface area (Å²) in [7, 11) is 0. The van der Waals surface area contributed by atoms with Crippen LogP contribution in [0.3, 0.4) is 0 Å². The van der Waals surface area contributed by atoms with E-state index in [-0.39, 0.29) is 11.1 Å². The van der Waals surface area contributed by atoms with Crippen LogP contribution in [0.1, 0.15) is 20.7 Å². The number of carbonyl (C=O) groups is 2. The lowest BCUT2D eigenvalue weighted by atomic mass is 9.98. The number of carbonyl (C=O) groups excluding carboxylic acids is 1. The van der Waals surface area contributed by atoms with E-state index in [4.69, 9.17) is 20.7 Å². The average Bonchev–Trinajstić information content (AvgIpc) is 3.14. The largest absolute Gasteiger partial charge is 0.478 e. The molecule has 0 bridgehead atoms. The van der Waals surface area contributed by atoms with E-state index < -0.39 is 11.9 Å². The van der Waals surface area contributed by atoms with Gasteiger partial charge >= 0.3 is 5.97 Å². The fourth-order valence-electron chi connectivity index (χ4n) is 5.50. The normalized spacial score (nSPS) is 10.9. The van der Waals surface area contributed by atoms with E-state index in [0.717, 1.165) is 16.7 Å². The lowest BCUT2D eigenvalue weighted by Crippen LogP contribution is -2.22. The van der Waals surface area contributed by atoms with Gasteiger partial charge in [0.2, 0.25) is 0 Å². The molecule has 0 radical (unpaired) electrons. The Hall–Kier alpha value is -7.00. The van der Waals surface area contributed by atoms with Crippen LogP contribution in [-0.4, -0.2) is 26.8 Å². The van der Waals surface area contributed by atoms with Crippen molar-refractivity contribution in [1.29, 1.82) is 0 Å². The molecule has 0 saturated heterocycles. The number of carboxylic acid groups (broad SMARTS) is 1. The maximum atomic E-state index is 13.8. The van der Waals surface area contributed by atoms with Crippen LogP contribution in [0.4, 0.5) is 11.4 Å². The molecule has 1 amide bonds. The van der Waals surface area contributed by atoms with Gasteiger partial charge in [0.1, 0.15) is 11.5 Å². The third-order valence-corrected chi connectivity index (χ3v) is 8.01. The van der Waals surface area contributed by atoms with Crippen LogP contribution >= 0.6 is 0 Å². The zero-order valence-corrected chi connectivity index (χ0v) is 25.9. The molecule has 7 aromatic rings. The van der Waals surface area contributed by atoms with Crippen LogP contribution in [0.25, 0.3) is 38.8 Å². The number of fused-ring (bicyclic) bond motifs is 1. The minimum absolute atomic E-state index is 0.0901. The summed E-state index contributed by atoms with van der Waals surface area (Å²) in [6, 6.07) is 42.7. The Kier molecular flexibility index (Phi) is 8.14. The number of nitrogen functional groups attached to an aromatic ring is 1. The fourth-order valence-corrected chi connectivity index (χ4v) is 5.50. The molecule has 0 aliphatic heterocycles. The monoisotopic (exact) mass is 644 g/mol. The second-order valence-electron chi connectivity index (χ2n) is 11.2. The molecule has 0 saturated carbocycles. The van der Waals surface area contributed by atoms with Gasteiger partial charge in [-0.05, 0) is 103 Å². The summed E-state index contributed by atoms with van der Waals surface area (Å²) in [5, 5.41) is 18.0. The van der Waals surface area contributed by atoms with Gasteiger partial charge < -0.3 is 20.9 Å². The maximum Gasteiger partial charge on any atom is 0.335 e. The number of hydrogen-bond acceptors (Lipinski definition) is 6. The van der Waals surface area contributed by atoms with E-state index >= 15 is 0 Å². The number of benzene rings is 6. The number of nitrogens with two attached hydrogens (primary N) is 1. The molecule has 1 heterocycles. The Labute approximate surface area is 280 Å². The Morgan fingerprint density at radius 1 is 0.694 bits per heavy atom. The number of nitrogens with zero attached hydrogens (tertiary/aromatic N) is 2. The van der Waals surface area contributed by atoms with Gasteiger partial charge in [-0.15, -0.1) is 0 Å². The van der Waals surface area contributed by atoms with Crippen molar-refractivity contribution >= 4 is 34.0 Å². The van der Waals surface area contributed by atoms with Crippen LogP contribution in [0.15, 0.2) is 150 Å². The number of rotatable bonds is 8. The first kappa shape index (κ1) is 30.6. The molecule has 0 unspecified atom stereocenters. The molecular formula is C40H28N4O5. The summed E-state index contributed by atoms with van der Waals surface area (Å²) < 4.78 is 7.66. The van der Waals surface area contributed by atoms with Gasteiger partial charge in [-0.1, -0.05) is 48.5 Å². The minimum Gasteiger partial charge on any atom is -0.478 e. The predicted octanol–water partition coefficient (Wildman–Crippen LogP) is 8.04. The van der Waals surface area contributed by atoms with E-state index in [1.165, 1.54) is 28.9 Å². The second-order valence-corrected chi connectivity index (χ2v) is 11.2. The Balaban J connectivity index is 1.26. The van der Waals surface area contributed by atoms with Crippen LogP contribution in [-0.2, 0) is 0 Å². The number of ether oxygens (including phenoxy) is 1. The number of hydrogen-bond donors (Lipinski definition) is 3. The molecule has 9 heteroatoms. The number of anilines is 2. The van der Waals surface area contributed by atoms with Crippen molar-refractivity contribution in [3.63, 3.8) is 0 Å². The van der Waals surface area contributed by atoms with E-state index in [9.17, 15) is 14.4 Å². The zero-order valence-electron chi connectivity index (χ0n) is 25.9. The number of nitrogens with one attached hydrogen (secondary N) is 1. The summed E-state index contributed by atoms with van der Waals surface area (Å²) in [6.45, 7) is 0. The molecule has 0 aliphatic rings. The van der Waals surface area contributed by atoms with Gasteiger partial charge in [0.25, 0.3) is 11.5 Å². The first-order chi connectivity index (χ1) is 23.8. The van der Waals surface area contributed by atoms with Crippen molar-refractivity contribution in [1.82, 2.24) is 9.78 Å². The molecule has 7 rings (SSSR count). The predicted molar refractivity (Wildman–Crippen MR) is 190 cm³/mol. The molecule has 0 spiro atoms. The van der Waals surface area contributed by atoms with Crippen LogP contribution in [0, 0.1) is 0 Å². The number of carboxylic acids is 1.